The van der Waals surface area contributed by atoms with Crippen LogP contribution in [0.25, 0.3) is 0 Å². The van der Waals surface area contributed by atoms with Crippen LogP contribution in [0.15, 0.2) is 0 Å². The average Bonchev–Trinajstić information content (AvgIpc) is 3.10. The van der Waals surface area contributed by atoms with Gasteiger partial charge in [-0.25, -0.2) is 0 Å². The van der Waals surface area contributed by atoms with E-state index in [1.807, 2.05) is 4.90 Å². The van der Waals surface area contributed by atoms with Gasteiger partial charge in [-0.05, 0) is 52.6 Å². The van der Waals surface area contributed by atoms with Crippen LogP contribution in [0, 0.1) is 0 Å². The fourth-order valence-corrected chi connectivity index (χ4v) is 4.64. The van der Waals surface area contributed by atoms with Crippen molar-refractivity contribution in [1.29, 1.82) is 0 Å². The molecule has 0 atom stereocenters. The van der Waals surface area contributed by atoms with Crippen molar-refractivity contribution in [2.75, 3.05) is 52.4 Å². The molecule has 5 heteroatoms. The van der Waals surface area contributed by atoms with E-state index < -0.39 is 0 Å². The third-order valence-electron chi connectivity index (χ3n) is 6.39. The molecule has 0 aromatic carbocycles. The molecule has 0 spiro atoms. The molecule has 3 fully saturated rings. The first kappa shape index (κ1) is 17.2. The molecule has 5 nitrogen and oxygen atoms in total. The molecule has 0 N–H and O–H groups in total. The molecule has 0 radical (unpaired) electrons. The molecule has 23 heavy (non-hydrogen) atoms. The number of hydrogen-bond donors (Lipinski definition) is 0. The third-order valence-corrected chi connectivity index (χ3v) is 6.39. The highest BCUT2D eigenvalue weighted by Crippen LogP contribution is 2.27. The SMILES string of the molecule is CC(=O)N1CCC(N2CCN(C(C)(C)N3CCCC3)CC2)CC1. The maximum Gasteiger partial charge on any atom is 0.219 e. The fraction of sp³-hybridized carbons (Fsp3) is 0.944. The van der Waals surface area contributed by atoms with Crippen molar-refractivity contribution in [1.82, 2.24) is 19.6 Å². The zero-order valence-electron chi connectivity index (χ0n) is 15.3. The summed E-state index contributed by atoms with van der Waals surface area (Å²) in [5, 5.41) is 0. The second-order valence-corrected chi connectivity index (χ2v) is 7.95. The number of rotatable bonds is 3. The molecule has 0 aliphatic carbocycles. The van der Waals surface area contributed by atoms with Gasteiger partial charge in [-0.1, -0.05) is 0 Å². The number of nitrogens with zero attached hydrogens (tertiary/aromatic N) is 4. The molecule has 3 saturated heterocycles. The van der Waals surface area contributed by atoms with Crippen LogP contribution >= 0.6 is 0 Å². The molecule has 0 bridgehead atoms. The summed E-state index contributed by atoms with van der Waals surface area (Å²) in [5.74, 6) is 0.237. The van der Waals surface area contributed by atoms with Crippen LogP contribution in [0.5, 0.6) is 0 Å². The van der Waals surface area contributed by atoms with Gasteiger partial charge in [0.15, 0.2) is 0 Å². The van der Waals surface area contributed by atoms with Gasteiger partial charge in [-0.3, -0.25) is 19.5 Å². The molecule has 3 aliphatic heterocycles. The minimum Gasteiger partial charge on any atom is -0.343 e. The van der Waals surface area contributed by atoms with Gasteiger partial charge in [-0.15, -0.1) is 0 Å². The van der Waals surface area contributed by atoms with Crippen molar-refractivity contribution in [2.24, 2.45) is 0 Å². The Labute approximate surface area is 141 Å². The minimum absolute atomic E-state index is 0.209. The Morgan fingerprint density at radius 2 is 1.35 bits per heavy atom. The molecule has 132 valence electrons. The number of piperidine rings is 1. The number of likely N-dealkylation sites (tertiary alicyclic amines) is 2. The van der Waals surface area contributed by atoms with E-state index in [9.17, 15) is 4.79 Å². The Hall–Kier alpha value is -0.650. The van der Waals surface area contributed by atoms with Gasteiger partial charge in [0.2, 0.25) is 5.91 Å². The second kappa shape index (κ2) is 7.08. The lowest BCUT2D eigenvalue weighted by Crippen LogP contribution is -2.62. The maximum absolute atomic E-state index is 11.5. The van der Waals surface area contributed by atoms with E-state index in [4.69, 9.17) is 0 Å². The van der Waals surface area contributed by atoms with E-state index in [1.54, 1.807) is 6.92 Å². The summed E-state index contributed by atoms with van der Waals surface area (Å²) in [4.78, 5) is 21.5. The summed E-state index contributed by atoms with van der Waals surface area (Å²) < 4.78 is 0. The van der Waals surface area contributed by atoms with E-state index in [-0.39, 0.29) is 11.6 Å². The van der Waals surface area contributed by atoms with E-state index in [1.165, 1.54) is 52.1 Å². The molecule has 0 saturated carbocycles. The van der Waals surface area contributed by atoms with Crippen molar-refractivity contribution in [3.8, 4) is 0 Å². The van der Waals surface area contributed by atoms with E-state index in [0.29, 0.717) is 6.04 Å². The Balaban J connectivity index is 1.48. The normalized spacial score (nSPS) is 26.8. The topological polar surface area (TPSA) is 30.0 Å². The monoisotopic (exact) mass is 322 g/mol. The van der Waals surface area contributed by atoms with Crippen LogP contribution in [-0.4, -0.2) is 89.6 Å². The Morgan fingerprint density at radius 1 is 0.826 bits per heavy atom. The Bertz CT molecular complexity index is 403. The number of hydrogen-bond acceptors (Lipinski definition) is 4. The van der Waals surface area contributed by atoms with Gasteiger partial charge in [0.25, 0.3) is 0 Å². The summed E-state index contributed by atoms with van der Waals surface area (Å²) in [6.45, 7) is 15.6. The van der Waals surface area contributed by atoms with Gasteiger partial charge < -0.3 is 4.90 Å². The van der Waals surface area contributed by atoms with E-state index in [2.05, 4.69) is 28.5 Å². The smallest absolute Gasteiger partial charge is 0.219 e. The fourth-order valence-electron chi connectivity index (χ4n) is 4.64. The zero-order chi connectivity index (χ0) is 16.4. The predicted octanol–water partition coefficient (Wildman–Crippen LogP) is 1.45. The summed E-state index contributed by atoms with van der Waals surface area (Å²) in [6, 6.07) is 0.683. The number of carbonyl (C=O) groups is 1. The first-order chi connectivity index (χ1) is 11.0. The Morgan fingerprint density at radius 3 is 1.87 bits per heavy atom. The van der Waals surface area contributed by atoms with Crippen molar-refractivity contribution < 1.29 is 4.79 Å². The molecular formula is C18H34N4O. The molecule has 3 aliphatic rings. The highest BCUT2D eigenvalue weighted by molar-refractivity contribution is 5.73. The van der Waals surface area contributed by atoms with Crippen molar-refractivity contribution in [3.63, 3.8) is 0 Å². The Kier molecular flexibility index (Phi) is 5.29. The molecule has 1 amide bonds. The van der Waals surface area contributed by atoms with Crippen molar-refractivity contribution in [2.45, 2.75) is 58.2 Å². The lowest BCUT2D eigenvalue weighted by atomic mass is 10.0. The third kappa shape index (κ3) is 3.72. The highest BCUT2D eigenvalue weighted by atomic mass is 16.2. The summed E-state index contributed by atoms with van der Waals surface area (Å²) >= 11 is 0. The first-order valence-corrected chi connectivity index (χ1v) is 9.48. The predicted molar refractivity (Wildman–Crippen MR) is 93.3 cm³/mol. The largest absolute Gasteiger partial charge is 0.343 e. The first-order valence-electron chi connectivity index (χ1n) is 9.48. The van der Waals surface area contributed by atoms with Crippen LogP contribution < -0.4 is 0 Å². The minimum atomic E-state index is 0.209. The van der Waals surface area contributed by atoms with Gasteiger partial charge in [0.05, 0.1) is 5.66 Å². The molecule has 3 heterocycles. The van der Waals surface area contributed by atoms with Crippen LogP contribution in [0.4, 0.5) is 0 Å². The van der Waals surface area contributed by atoms with Crippen molar-refractivity contribution >= 4 is 5.91 Å². The van der Waals surface area contributed by atoms with Crippen LogP contribution in [0.1, 0.15) is 46.5 Å². The van der Waals surface area contributed by atoms with E-state index in [0.717, 1.165) is 25.9 Å². The quantitative estimate of drug-likeness (QED) is 0.787. The number of piperazine rings is 1. The van der Waals surface area contributed by atoms with Crippen LogP contribution in [0.3, 0.4) is 0 Å². The van der Waals surface area contributed by atoms with Crippen LogP contribution in [-0.2, 0) is 4.79 Å². The summed E-state index contributed by atoms with van der Waals surface area (Å²) in [6.07, 6.45) is 5.01. The lowest BCUT2D eigenvalue weighted by Gasteiger charge is -2.50. The van der Waals surface area contributed by atoms with Gasteiger partial charge >= 0.3 is 0 Å². The second-order valence-electron chi connectivity index (χ2n) is 7.95. The van der Waals surface area contributed by atoms with Crippen LogP contribution in [0.2, 0.25) is 0 Å². The van der Waals surface area contributed by atoms with Gasteiger partial charge in [0.1, 0.15) is 0 Å². The maximum atomic E-state index is 11.5. The van der Waals surface area contributed by atoms with E-state index >= 15 is 0 Å². The summed E-state index contributed by atoms with van der Waals surface area (Å²) in [5.41, 5.74) is 0.209. The van der Waals surface area contributed by atoms with Crippen molar-refractivity contribution in [3.05, 3.63) is 0 Å². The zero-order valence-corrected chi connectivity index (χ0v) is 15.3. The number of carbonyl (C=O) groups excluding carboxylic acids is 1. The molecule has 3 rings (SSSR count). The lowest BCUT2D eigenvalue weighted by molar-refractivity contribution is -0.130. The molecule has 0 unspecified atom stereocenters. The molecular weight excluding hydrogens is 288 g/mol. The molecule has 0 aromatic rings. The van der Waals surface area contributed by atoms with Gasteiger partial charge in [-0.2, -0.15) is 0 Å². The molecule has 0 aromatic heterocycles. The standard InChI is InChI=1S/C18H34N4O/c1-16(23)19-10-6-17(7-11-19)20-12-14-22(15-13-20)18(2,3)21-8-4-5-9-21/h17H,4-15H2,1-3H3. The summed E-state index contributed by atoms with van der Waals surface area (Å²) in [7, 11) is 0. The highest BCUT2D eigenvalue weighted by Gasteiger charge is 2.37. The van der Waals surface area contributed by atoms with Gasteiger partial charge in [0, 0.05) is 52.2 Å². The average molecular weight is 322 g/mol. The number of amides is 1.